The Morgan fingerprint density at radius 1 is 1.60 bits per heavy atom. The fraction of sp³-hybridized carbons (Fsp3) is 0.500. The molecule has 2 aliphatic heterocycles. The summed E-state index contributed by atoms with van der Waals surface area (Å²) in [5, 5.41) is 21.3. The number of rotatable bonds is 2. The Hall–Kier alpha value is -1.49. The molecule has 1 atom stereocenters. The lowest BCUT2D eigenvalue weighted by Crippen LogP contribution is -2.33. The smallest absolute Gasteiger partial charge is 0.335 e. The van der Waals surface area contributed by atoms with Crippen molar-refractivity contribution in [2.75, 3.05) is 19.6 Å². The average molecular weight is 210 g/mol. The summed E-state index contributed by atoms with van der Waals surface area (Å²) >= 11 is 0. The fourth-order valence-electron chi connectivity index (χ4n) is 1.84. The summed E-state index contributed by atoms with van der Waals surface area (Å²) in [5.74, 6) is -0.111. The Morgan fingerprint density at radius 2 is 2.40 bits per heavy atom. The van der Waals surface area contributed by atoms with Crippen LogP contribution in [-0.2, 0) is 4.79 Å². The molecule has 0 aliphatic carbocycles. The molecule has 0 bridgehead atoms. The van der Waals surface area contributed by atoms with Gasteiger partial charge in [0.1, 0.15) is 5.82 Å². The van der Waals surface area contributed by atoms with Crippen LogP contribution in [0.15, 0.2) is 23.5 Å². The SMILES string of the molecule is O=C(O)C1=CCNC(N2CC[C@H](O)C2)=C1. The van der Waals surface area contributed by atoms with Crippen LogP contribution in [0.3, 0.4) is 0 Å². The third-order valence-corrected chi connectivity index (χ3v) is 2.65. The van der Waals surface area contributed by atoms with Gasteiger partial charge in [-0.3, -0.25) is 0 Å². The highest BCUT2D eigenvalue weighted by Gasteiger charge is 2.23. The average Bonchev–Trinajstić information content (AvgIpc) is 2.65. The number of hydrogen-bond acceptors (Lipinski definition) is 4. The Bertz CT molecular complexity index is 336. The molecule has 5 nitrogen and oxygen atoms in total. The van der Waals surface area contributed by atoms with E-state index < -0.39 is 5.97 Å². The van der Waals surface area contributed by atoms with Crippen LogP contribution in [0.4, 0.5) is 0 Å². The van der Waals surface area contributed by atoms with Crippen molar-refractivity contribution in [3.8, 4) is 0 Å². The van der Waals surface area contributed by atoms with Crippen LogP contribution < -0.4 is 5.32 Å². The van der Waals surface area contributed by atoms with Gasteiger partial charge in [-0.25, -0.2) is 4.79 Å². The Balaban J connectivity index is 2.10. The number of carboxylic acid groups (broad SMARTS) is 1. The number of hydrogen-bond donors (Lipinski definition) is 3. The van der Waals surface area contributed by atoms with Crippen LogP contribution in [0, 0.1) is 0 Å². The van der Waals surface area contributed by atoms with Crippen LogP contribution in [0.25, 0.3) is 0 Å². The maximum absolute atomic E-state index is 10.8. The zero-order valence-corrected chi connectivity index (χ0v) is 8.31. The van der Waals surface area contributed by atoms with Crippen molar-refractivity contribution in [3.05, 3.63) is 23.5 Å². The van der Waals surface area contributed by atoms with Crippen molar-refractivity contribution in [1.29, 1.82) is 0 Å². The van der Waals surface area contributed by atoms with E-state index in [9.17, 15) is 9.90 Å². The summed E-state index contributed by atoms with van der Waals surface area (Å²) in [6.07, 6.45) is 3.69. The molecule has 3 N–H and O–H groups in total. The second kappa shape index (κ2) is 3.94. The number of carbonyl (C=O) groups is 1. The molecule has 0 aromatic carbocycles. The van der Waals surface area contributed by atoms with Gasteiger partial charge in [0.25, 0.3) is 0 Å². The van der Waals surface area contributed by atoms with Crippen LogP contribution in [-0.4, -0.2) is 46.8 Å². The van der Waals surface area contributed by atoms with Gasteiger partial charge in [0, 0.05) is 19.6 Å². The second-order valence-electron chi connectivity index (χ2n) is 3.76. The van der Waals surface area contributed by atoms with E-state index in [0.717, 1.165) is 18.8 Å². The van der Waals surface area contributed by atoms with Gasteiger partial charge in [-0.15, -0.1) is 0 Å². The molecule has 2 rings (SSSR count). The number of aliphatic hydroxyl groups excluding tert-OH is 1. The minimum absolute atomic E-state index is 0.299. The molecule has 1 fully saturated rings. The number of aliphatic carboxylic acids is 1. The minimum atomic E-state index is -0.909. The summed E-state index contributed by atoms with van der Waals surface area (Å²) in [5.41, 5.74) is 0.310. The van der Waals surface area contributed by atoms with E-state index in [4.69, 9.17) is 5.11 Å². The second-order valence-corrected chi connectivity index (χ2v) is 3.76. The number of aliphatic hydroxyl groups is 1. The standard InChI is InChI=1S/C10H14N2O3/c13-8-2-4-12(6-8)9-5-7(10(14)15)1-3-11-9/h1,5,8,11,13H,2-4,6H2,(H,14,15)/t8-/m0/s1. The molecule has 2 aliphatic rings. The van der Waals surface area contributed by atoms with Gasteiger partial charge < -0.3 is 20.4 Å². The normalized spacial score (nSPS) is 25.7. The summed E-state index contributed by atoms with van der Waals surface area (Å²) < 4.78 is 0. The van der Waals surface area contributed by atoms with Crippen molar-refractivity contribution in [1.82, 2.24) is 10.2 Å². The molecule has 5 heteroatoms. The van der Waals surface area contributed by atoms with Gasteiger partial charge in [-0.2, -0.15) is 0 Å². The van der Waals surface area contributed by atoms with Crippen LogP contribution in [0.5, 0.6) is 0 Å². The molecule has 0 unspecified atom stereocenters. The quantitative estimate of drug-likeness (QED) is 0.573. The molecule has 0 aromatic heterocycles. The molecule has 0 spiro atoms. The van der Waals surface area contributed by atoms with Crippen molar-refractivity contribution in [2.24, 2.45) is 0 Å². The number of carboxylic acids is 1. The van der Waals surface area contributed by atoms with Crippen LogP contribution in [0.1, 0.15) is 6.42 Å². The molecule has 82 valence electrons. The van der Waals surface area contributed by atoms with Crippen LogP contribution in [0.2, 0.25) is 0 Å². The van der Waals surface area contributed by atoms with Gasteiger partial charge in [0.05, 0.1) is 11.7 Å². The summed E-state index contributed by atoms with van der Waals surface area (Å²) in [7, 11) is 0. The Labute approximate surface area is 87.7 Å². The van der Waals surface area contributed by atoms with E-state index in [1.807, 2.05) is 4.90 Å². The van der Waals surface area contributed by atoms with Gasteiger partial charge in [0.2, 0.25) is 0 Å². The number of nitrogens with zero attached hydrogens (tertiary/aromatic N) is 1. The first kappa shape index (κ1) is 10.0. The highest BCUT2D eigenvalue weighted by atomic mass is 16.4. The zero-order valence-electron chi connectivity index (χ0n) is 8.31. The van der Waals surface area contributed by atoms with Crippen molar-refractivity contribution in [2.45, 2.75) is 12.5 Å². The lowest BCUT2D eigenvalue weighted by Gasteiger charge is -2.24. The van der Waals surface area contributed by atoms with Crippen molar-refractivity contribution >= 4 is 5.97 Å². The highest BCUT2D eigenvalue weighted by molar-refractivity contribution is 5.90. The first-order chi connectivity index (χ1) is 7.16. The summed E-state index contributed by atoms with van der Waals surface area (Å²) in [4.78, 5) is 12.7. The Morgan fingerprint density at radius 3 is 3.00 bits per heavy atom. The highest BCUT2D eigenvalue weighted by Crippen LogP contribution is 2.17. The molecule has 2 heterocycles. The van der Waals surface area contributed by atoms with E-state index >= 15 is 0 Å². The first-order valence-corrected chi connectivity index (χ1v) is 4.99. The van der Waals surface area contributed by atoms with E-state index in [2.05, 4.69) is 5.32 Å². The fourth-order valence-corrected chi connectivity index (χ4v) is 1.84. The van der Waals surface area contributed by atoms with E-state index in [1.165, 1.54) is 0 Å². The topological polar surface area (TPSA) is 72.8 Å². The third kappa shape index (κ3) is 2.12. The molecule has 1 saturated heterocycles. The van der Waals surface area contributed by atoms with Crippen molar-refractivity contribution < 1.29 is 15.0 Å². The predicted molar refractivity (Wildman–Crippen MR) is 54.0 cm³/mol. The Kier molecular flexibility index (Phi) is 2.64. The maximum atomic E-state index is 10.8. The van der Waals surface area contributed by atoms with E-state index in [1.54, 1.807) is 12.2 Å². The van der Waals surface area contributed by atoms with E-state index in [0.29, 0.717) is 18.7 Å². The molecule has 0 aromatic rings. The van der Waals surface area contributed by atoms with Gasteiger partial charge in [-0.1, -0.05) is 6.08 Å². The largest absolute Gasteiger partial charge is 0.478 e. The lowest BCUT2D eigenvalue weighted by atomic mass is 10.2. The number of likely N-dealkylation sites (tertiary alicyclic amines) is 1. The predicted octanol–water partition coefficient (Wildman–Crippen LogP) is -0.491. The minimum Gasteiger partial charge on any atom is -0.478 e. The molecular formula is C10H14N2O3. The monoisotopic (exact) mass is 210 g/mol. The van der Waals surface area contributed by atoms with Crippen molar-refractivity contribution in [3.63, 3.8) is 0 Å². The molecular weight excluding hydrogens is 196 g/mol. The number of β-amino-alcohol motifs (C(OH)–C–C–N with tert-alkyl or cyclic N) is 1. The molecule has 15 heavy (non-hydrogen) atoms. The lowest BCUT2D eigenvalue weighted by molar-refractivity contribution is -0.132. The number of nitrogens with one attached hydrogen (secondary N) is 1. The maximum Gasteiger partial charge on any atom is 0.335 e. The molecule has 0 radical (unpaired) electrons. The number of dihydropyridines is 1. The van der Waals surface area contributed by atoms with Gasteiger partial charge in [0.15, 0.2) is 0 Å². The van der Waals surface area contributed by atoms with Crippen LogP contribution >= 0.6 is 0 Å². The first-order valence-electron chi connectivity index (χ1n) is 4.99. The molecule has 0 amide bonds. The zero-order chi connectivity index (χ0) is 10.8. The summed E-state index contributed by atoms with van der Waals surface area (Å²) in [6.45, 7) is 1.87. The van der Waals surface area contributed by atoms with Gasteiger partial charge >= 0.3 is 5.97 Å². The van der Waals surface area contributed by atoms with E-state index in [-0.39, 0.29) is 6.10 Å². The molecule has 0 saturated carbocycles. The summed E-state index contributed by atoms with van der Waals surface area (Å²) in [6, 6.07) is 0. The van der Waals surface area contributed by atoms with Gasteiger partial charge in [-0.05, 0) is 12.5 Å². The third-order valence-electron chi connectivity index (χ3n) is 2.65.